The number of fused-ring (bicyclic) bond motifs is 1. The smallest absolute Gasteiger partial charge is 0.136 e. The summed E-state index contributed by atoms with van der Waals surface area (Å²) in [6.45, 7) is 0. The van der Waals surface area contributed by atoms with E-state index in [0.717, 1.165) is 11.1 Å². The van der Waals surface area contributed by atoms with Crippen LogP contribution in [0.25, 0.3) is 16.6 Å². The fourth-order valence-corrected chi connectivity index (χ4v) is 1.85. The average molecular weight is 238 g/mol. The first-order valence-corrected chi connectivity index (χ1v) is 5.37. The molecule has 0 spiro atoms. The topological polar surface area (TPSA) is 70.3 Å². The van der Waals surface area contributed by atoms with E-state index in [-0.39, 0.29) is 5.69 Å². The molecule has 0 saturated carbocycles. The maximum atomic E-state index is 10.9. The van der Waals surface area contributed by atoms with Gasteiger partial charge in [0.25, 0.3) is 0 Å². The molecule has 0 bridgehead atoms. The number of hydrogen-bond donors (Lipinski definition) is 0. The zero-order valence-corrected chi connectivity index (χ0v) is 9.28. The molecule has 0 N–H and O–H groups in total. The van der Waals surface area contributed by atoms with Crippen LogP contribution in [0.5, 0.6) is 0 Å². The van der Waals surface area contributed by atoms with Crippen LogP contribution < -0.4 is 5.11 Å². The highest BCUT2D eigenvalue weighted by Crippen LogP contribution is 2.21. The third kappa shape index (κ3) is 1.62. The Labute approximate surface area is 102 Å². The van der Waals surface area contributed by atoms with Crippen molar-refractivity contribution >= 4 is 11.5 Å². The van der Waals surface area contributed by atoms with Gasteiger partial charge in [-0.3, -0.25) is 0 Å². The third-order valence-electron chi connectivity index (χ3n) is 2.72. The minimum Gasteiger partial charge on any atom is -0.543 e. The standard InChI is InChI=1S/C13H9N3O2/c17-13(18)12-11-8-10(6-7-16(11)15-14-12)9-4-2-1-3-5-9/h1-8H,(H,17,18)/p-1. The van der Waals surface area contributed by atoms with Crippen LogP contribution in [-0.2, 0) is 0 Å². The lowest BCUT2D eigenvalue weighted by atomic mass is 10.1. The van der Waals surface area contributed by atoms with Crippen molar-refractivity contribution in [1.29, 1.82) is 0 Å². The van der Waals surface area contributed by atoms with Crippen LogP contribution in [0.2, 0.25) is 0 Å². The van der Waals surface area contributed by atoms with E-state index >= 15 is 0 Å². The van der Waals surface area contributed by atoms with Gasteiger partial charge in [0.1, 0.15) is 5.69 Å². The third-order valence-corrected chi connectivity index (χ3v) is 2.72. The van der Waals surface area contributed by atoms with Crippen LogP contribution in [0.1, 0.15) is 10.5 Å². The van der Waals surface area contributed by atoms with Crippen LogP contribution in [0.3, 0.4) is 0 Å². The number of benzene rings is 1. The number of aromatic nitrogens is 3. The number of rotatable bonds is 2. The highest BCUT2D eigenvalue weighted by Gasteiger charge is 2.08. The van der Waals surface area contributed by atoms with Gasteiger partial charge >= 0.3 is 0 Å². The summed E-state index contributed by atoms with van der Waals surface area (Å²) >= 11 is 0. The quantitative estimate of drug-likeness (QED) is 0.660. The lowest BCUT2D eigenvalue weighted by molar-refractivity contribution is -0.255. The molecule has 2 heterocycles. The number of hydrogen-bond acceptors (Lipinski definition) is 4. The number of nitrogens with zero attached hydrogens (tertiary/aromatic N) is 3. The zero-order chi connectivity index (χ0) is 12.5. The molecule has 0 radical (unpaired) electrons. The Hall–Kier alpha value is -2.69. The van der Waals surface area contributed by atoms with Crippen molar-refractivity contribution in [3.8, 4) is 11.1 Å². The summed E-state index contributed by atoms with van der Waals surface area (Å²) in [5.41, 5.74) is 2.20. The molecule has 0 aliphatic heterocycles. The van der Waals surface area contributed by atoms with Gasteiger partial charge in [-0.05, 0) is 23.3 Å². The summed E-state index contributed by atoms with van der Waals surface area (Å²) in [6.07, 6.45) is 1.68. The molecular weight excluding hydrogens is 230 g/mol. The molecule has 0 aliphatic rings. The molecule has 0 atom stereocenters. The van der Waals surface area contributed by atoms with Gasteiger partial charge in [-0.1, -0.05) is 35.5 Å². The maximum Gasteiger partial charge on any atom is 0.136 e. The number of carbonyl (C=O) groups is 1. The first kappa shape index (κ1) is 10.5. The van der Waals surface area contributed by atoms with Gasteiger partial charge in [-0.25, -0.2) is 4.52 Å². The van der Waals surface area contributed by atoms with Crippen molar-refractivity contribution in [1.82, 2.24) is 14.8 Å². The van der Waals surface area contributed by atoms with E-state index in [1.54, 1.807) is 12.3 Å². The lowest BCUT2D eigenvalue weighted by Gasteiger charge is -2.03. The number of carboxylic acids is 1. The highest BCUT2D eigenvalue weighted by atomic mass is 16.4. The molecule has 0 unspecified atom stereocenters. The minimum absolute atomic E-state index is 0.146. The Morgan fingerprint density at radius 1 is 1.11 bits per heavy atom. The maximum absolute atomic E-state index is 10.9. The molecule has 5 heteroatoms. The second-order valence-electron chi connectivity index (χ2n) is 3.84. The van der Waals surface area contributed by atoms with Crippen LogP contribution in [0.15, 0.2) is 48.7 Å². The molecule has 3 rings (SSSR count). The first-order valence-electron chi connectivity index (χ1n) is 5.37. The molecular formula is C13H8N3O2-. The number of carbonyl (C=O) groups excluding carboxylic acids is 1. The van der Waals surface area contributed by atoms with E-state index in [9.17, 15) is 9.90 Å². The van der Waals surface area contributed by atoms with Crippen LogP contribution in [0.4, 0.5) is 0 Å². The van der Waals surface area contributed by atoms with Gasteiger partial charge < -0.3 is 9.90 Å². The molecule has 18 heavy (non-hydrogen) atoms. The largest absolute Gasteiger partial charge is 0.543 e. The molecule has 3 aromatic rings. The Bertz CT molecular complexity index is 719. The Morgan fingerprint density at radius 2 is 1.89 bits per heavy atom. The highest BCUT2D eigenvalue weighted by molar-refractivity contribution is 5.92. The molecule has 88 valence electrons. The van der Waals surface area contributed by atoms with Crippen molar-refractivity contribution in [2.24, 2.45) is 0 Å². The SMILES string of the molecule is O=C([O-])c1nnn2ccc(-c3ccccc3)cc12. The van der Waals surface area contributed by atoms with Gasteiger partial charge in [0.05, 0.1) is 11.5 Å². The Kier molecular flexibility index (Phi) is 2.30. The van der Waals surface area contributed by atoms with Crippen molar-refractivity contribution in [2.75, 3.05) is 0 Å². The Balaban J connectivity index is 2.21. The summed E-state index contributed by atoms with van der Waals surface area (Å²) < 4.78 is 1.41. The molecule has 2 aromatic heterocycles. The van der Waals surface area contributed by atoms with Gasteiger partial charge in [-0.15, -0.1) is 5.10 Å². The fourth-order valence-electron chi connectivity index (χ4n) is 1.85. The fraction of sp³-hybridized carbons (Fsp3) is 0. The monoisotopic (exact) mass is 238 g/mol. The van der Waals surface area contributed by atoms with Gasteiger partial charge in [0, 0.05) is 6.20 Å². The second kappa shape index (κ2) is 3.96. The first-order chi connectivity index (χ1) is 8.75. The molecule has 1 aromatic carbocycles. The van der Waals surface area contributed by atoms with Crippen molar-refractivity contribution in [3.63, 3.8) is 0 Å². The molecule has 0 saturated heterocycles. The van der Waals surface area contributed by atoms with Crippen LogP contribution >= 0.6 is 0 Å². The normalized spacial score (nSPS) is 10.7. The predicted molar refractivity (Wildman–Crippen MR) is 62.8 cm³/mol. The summed E-state index contributed by atoms with van der Waals surface area (Å²) in [7, 11) is 0. The van der Waals surface area contributed by atoms with Gasteiger partial charge in [-0.2, -0.15) is 0 Å². The van der Waals surface area contributed by atoms with Crippen LogP contribution in [-0.4, -0.2) is 20.8 Å². The Morgan fingerprint density at radius 3 is 2.61 bits per heavy atom. The number of carboxylic acid groups (broad SMARTS) is 1. The lowest BCUT2D eigenvalue weighted by Crippen LogP contribution is -2.22. The number of aromatic carboxylic acids is 1. The van der Waals surface area contributed by atoms with E-state index in [2.05, 4.69) is 10.3 Å². The van der Waals surface area contributed by atoms with Gasteiger partial charge in [0.15, 0.2) is 0 Å². The molecule has 5 nitrogen and oxygen atoms in total. The van der Waals surface area contributed by atoms with Crippen molar-refractivity contribution < 1.29 is 9.90 Å². The van der Waals surface area contributed by atoms with E-state index in [1.165, 1.54) is 4.52 Å². The van der Waals surface area contributed by atoms with E-state index in [1.807, 2.05) is 36.4 Å². The summed E-state index contributed by atoms with van der Waals surface area (Å²) in [4.78, 5) is 10.9. The van der Waals surface area contributed by atoms with E-state index in [0.29, 0.717) is 5.52 Å². The average Bonchev–Trinajstić information content (AvgIpc) is 2.82. The predicted octanol–water partition coefficient (Wildman–Crippen LogP) is 0.760. The van der Waals surface area contributed by atoms with Crippen molar-refractivity contribution in [2.45, 2.75) is 0 Å². The summed E-state index contributed by atoms with van der Waals surface area (Å²) in [5, 5.41) is 18.2. The minimum atomic E-state index is -1.32. The molecule has 0 aliphatic carbocycles. The molecule has 0 amide bonds. The van der Waals surface area contributed by atoms with Crippen molar-refractivity contribution in [3.05, 3.63) is 54.4 Å². The van der Waals surface area contributed by atoms with E-state index < -0.39 is 5.97 Å². The number of pyridine rings is 1. The second-order valence-corrected chi connectivity index (χ2v) is 3.84. The summed E-state index contributed by atoms with van der Waals surface area (Å²) in [6, 6.07) is 13.3. The van der Waals surface area contributed by atoms with E-state index in [4.69, 9.17) is 0 Å². The van der Waals surface area contributed by atoms with Crippen LogP contribution in [0, 0.1) is 0 Å². The molecule has 0 fully saturated rings. The van der Waals surface area contributed by atoms with Gasteiger partial charge in [0.2, 0.25) is 0 Å². The summed E-state index contributed by atoms with van der Waals surface area (Å²) in [5.74, 6) is -1.32. The zero-order valence-electron chi connectivity index (χ0n) is 9.28.